The highest BCUT2D eigenvalue weighted by atomic mass is 32.1. The summed E-state index contributed by atoms with van der Waals surface area (Å²) in [5.41, 5.74) is 2.80. The van der Waals surface area contributed by atoms with E-state index in [0.717, 1.165) is 5.46 Å². The molecule has 1 aliphatic rings. The second-order valence-electron chi connectivity index (χ2n) is 8.46. The van der Waals surface area contributed by atoms with Crippen LogP contribution in [-0.2, 0) is 9.31 Å². The van der Waals surface area contributed by atoms with Gasteiger partial charge in [0.15, 0.2) is 0 Å². The van der Waals surface area contributed by atoms with Crippen molar-refractivity contribution in [3.63, 3.8) is 0 Å². The van der Waals surface area contributed by atoms with E-state index in [4.69, 9.17) is 9.31 Å². The van der Waals surface area contributed by atoms with Gasteiger partial charge in [0.05, 0.1) is 11.2 Å². The molecular weight excluding hydrogens is 363 g/mol. The van der Waals surface area contributed by atoms with Crippen LogP contribution in [-0.4, -0.2) is 18.3 Å². The average Bonchev–Trinajstić information content (AvgIpc) is 3.15. The molecule has 0 bridgehead atoms. The fraction of sp³-hybridized carbons (Fsp3) is 0.250. The Balaban J connectivity index is 1.70. The van der Waals surface area contributed by atoms with E-state index >= 15 is 0 Å². The van der Waals surface area contributed by atoms with Gasteiger partial charge in [-0.25, -0.2) is 0 Å². The predicted octanol–water partition coefficient (Wildman–Crippen LogP) is 6.02. The van der Waals surface area contributed by atoms with Crippen molar-refractivity contribution < 1.29 is 9.31 Å². The lowest BCUT2D eigenvalue weighted by molar-refractivity contribution is 0.00578. The zero-order valence-electron chi connectivity index (χ0n) is 16.7. The van der Waals surface area contributed by atoms with Crippen molar-refractivity contribution in [2.45, 2.75) is 38.9 Å². The molecule has 0 N–H and O–H groups in total. The van der Waals surface area contributed by atoms with Gasteiger partial charge < -0.3 is 9.31 Å². The summed E-state index contributed by atoms with van der Waals surface area (Å²) in [6, 6.07) is 23.7. The van der Waals surface area contributed by atoms with E-state index < -0.39 is 0 Å². The van der Waals surface area contributed by atoms with Gasteiger partial charge >= 0.3 is 7.12 Å². The van der Waals surface area contributed by atoms with Crippen LogP contribution in [0.1, 0.15) is 27.7 Å². The molecule has 1 fully saturated rings. The molecule has 28 heavy (non-hydrogen) atoms. The standard InChI is InChI=1S/C24H23BO2S/c1-23(2)24(3,4)27-25(26-23)20-14-7-5-10-16(20)18-12-9-13-19-17-11-6-8-15-21(17)28-22(18)19/h5-15H,1-4H3. The van der Waals surface area contributed by atoms with Crippen molar-refractivity contribution in [1.29, 1.82) is 0 Å². The maximum absolute atomic E-state index is 6.36. The maximum atomic E-state index is 6.36. The molecule has 0 aliphatic carbocycles. The zero-order chi connectivity index (χ0) is 19.5. The molecule has 3 aromatic carbocycles. The first kappa shape index (κ1) is 17.9. The molecule has 4 heteroatoms. The summed E-state index contributed by atoms with van der Waals surface area (Å²) in [6.07, 6.45) is 0. The summed E-state index contributed by atoms with van der Waals surface area (Å²) < 4.78 is 15.4. The number of thiophene rings is 1. The fourth-order valence-corrected chi connectivity index (χ4v) is 5.11. The smallest absolute Gasteiger partial charge is 0.399 e. The van der Waals surface area contributed by atoms with Crippen LogP contribution in [0, 0.1) is 0 Å². The van der Waals surface area contributed by atoms with E-state index in [9.17, 15) is 0 Å². The van der Waals surface area contributed by atoms with Crippen LogP contribution in [0.5, 0.6) is 0 Å². The third-order valence-corrected chi connectivity index (χ3v) is 7.38. The largest absolute Gasteiger partial charge is 0.495 e. The molecular formula is C24H23BO2S. The molecule has 0 atom stereocenters. The Labute approximate surface area is 170 Å². The Kier molecular flexibility index (Phi) is 3.96. The minimum atomic E-state index is -0.370. The zero-order valence-corrected chi connectivity index (χ0v) is 17.5. The SMILES string of the molecule is CC1(C)OB(c2ccccc2-c2cccc3c2sc2ccccc23)OC1(C)C. The normalized spacial score (nSPS) is 18.2. The molecule has 0 amide bonds. The predicted molar refractivity (Wildman–Crippen MR) is 120 cm³/mol. The van der Waals surface area contributed by atoms with Gasteiger partial charge in [-0.1, -0.05) is 60.7 Å². The molecule has 0 radical (unpaired) electrons. The highest BCUT2D eigenvalue weighted by Gasteiger charge is 2.52. The van der Waals surface area contributed by atoms with Gasteiger partial charge in [0.25, 0.3) is 0 Å². The summed E-state index contributed by atoms with van der Waals surface area (Å²) in [6.45, 7) is 8.40. The van der Waals surface area contributed by atoms with Crippen LogP contribution in [0.4, 0.5) is 0 Å². The Morgan fingerprint density at radius 1 is 0.679 bits per heavy atom. The van der Waals surface area contributed by atoms with E-state index in [-0.39, 0.29) is 18.3 Å². The van der Waals surface area contributed by atoms with E-state index in [1.165, 1.54) is 31.3 Å². The Bertz CT molecular complexity index is 1180. The van der Waals surface area contributed by atoms with Crippen molar-refractivity contribution >= 4 is 44.1 Å². The minimum Gasteiger partial charge on any atom is -0.399 e. The lowest BCUT2D eigenvalue weighted by Gasteiger charge is -2.32. The van der Waals surface area contributed by atoms with Gasteiger partial charge in [0, 0.05) is 20.2 Å². The third-order valence-electron chi connectivity index (χ3n) is 6.16. The molecule has 140 valence electrons. The lowest BCUT2D eigenvalue weighted by Crippen LogP contribution is -2.41. The molecule has 2 heterocycles. The van der Waals surface area contributed by atoms with Crippen LogP contribution >= 0.6 is 11.3 Å². The molecule has 1 saturated heterocycles. The number of hydrogen-bond acceptors (Lipinski definition) is 3. The van der Waals surface area contributed by atoms with Gasteiger partial charge in [-0.3, -0.25) is 0 Å². The van der Waals surface area contributed by atoms with Crippen molar-refractivity contribution in [1.82, 2.24) is 0 Å². The van der Waals surface area contributed by atoms with Crippen molar-refractivity contribution in [2.75, 3.05) is 0 Å². The summed E-state index contributed by atoms with van der Waals surface area (Å²) >= 11 is 1.85. The lowest BCUT2D eigenvalue weighted by atomic mass is 9.74. The monoisotopic (exact) mass is 386 g/mol. The molecule has 2 nitrogen and oxygen atoms in total. The highest BCUT2D eigenvalue weighted by Crippen LogP contribution is 2.41. The van der Waals surface area contributed by atoms with Gasteiger partial charge in [-0.05, 0) is 50.4 Å². The van der Waals surface area contributed by atoms with Crippen LogP contribution in [0.15, 0.2) is 66.7 Å². The first-order valence-electron chi connectivity index (χ1n) is 9.73. The molecule has 0 spiro atoms. The van der Waals surface area contributed by atoms with Crippen molar-refractivity contribution in [3.05, 3.63) is 66.7 Å². The Morgan fingerprint density at radius 3 is 2.07 bits per heavy atom. The molecule has 1 aromatic heterocycles. The van der Waals surface area contributed by atoms with Crippen molar-refractivity contribution in [3.8, 4) is 11.1 Å². The summed E-state index contributed by atoms with van der Waals surface area (Å²) in [5, 5.41) is 2.62. The maximum Gasteiger partial charge on any atom is 0.495 e. The Hall–Kier alpha value is -2.14. The second-order valence-corrected chi connectivity index (χ2v) is 9.51. The minimum absolute atomic E-state index is 0.353. The van der Waals surface area contributed by atoms with E-state index in [2.05, 4.69) is 94.4 Å². The second kappa shape index (κ2) is 6.18. The summed E-state index contributed by atoms with van der Waals surface area (Å²) in [4.78, 5) is 0. The average molecular weight is 386 g/mol. The van der Waals surface area contributed by atoms with Crippen LogP contribution < -0.4 is 5.46 Å². The van der Waals surface area contributed by atoms with Crippen LogP contribution in [0.3, 0.4) is 0 Å². The summed E-state index contributed by atoms with van der Waals surface area (Å²) in [7, 11) is -0.370. The number of hydrogen-bond donors (Lipinski definition) is 0. The van der Waals surface area contributed by atoms with Gasteiger partial charge in [-0.15, -0.1) is 11.3 Å². The number of rotatable bonds is 2. The topological polar surface area (TPSA) is 18.5 Å². The number of benzene rings is 3. The molecule has 5 rings (SSSR count). The molecule has 1 aliphatic heterocycles. The molecule has 0 saturated carbocycles. The highest BCUT2D eigenvalue weighted by molar-refractivity contribution is 7.26. The van der Waals surface area contributed by atoms with Crippen molar-refractivity contribution in [2.24, 2.45) is 0 Å². The summed E-state index contributed by atoms with van der Waals surface area (Å²) in [5.74, 6) is 0. The first-order valence-corrected chi connectivity index (χ1v) is 10.5. The van der Waals surface area contributed by atoms with Crippen LogP contribution in [0.25, 0.3) is 31.3 Å². The van der Waals surface area contributed by atoms with E-state index in [1.807, 2.05) is 11.3 Å². The number of fused-ring (bicyclic) bond motifs is 3. The van der Waals surface area contributed by atoms with Gasteiger partial charge in [0.2, 0.25) is 0 Å². The fourth-order valence-electron chi connectivity index (χ4n) is 3.88. The molecule has 4 aromatic rings. The Morgan fingerprint density at radius 2 is 1.29 bits per heavy atom. The van der Waals surface area contributed by atoms with E-state index in [1.54, 1.807) is 0 Å². The molecule has 0 unspecified atom stereocenters. The first-order chi connectivity index (χ1) is 13.4. The van der Waals surface area contributed by atoms with Gasteiger partial charge in [0.1, 0.15) is 0 Å². The van der Waals surface area contributed by atoms with E-state index in [0.29, 0.717) is 0 Å². The van der Waals surface area contributed by atoms with Crippen LogP contribution in [0.2, 0.25) is 0 Å². The quantitative estimate of drug-likeness (QED) is 0.392. The third kappa shape index (κ3) is 2.63. The van der Waals surface area contributed by atoms with Gasteiger partial charge in [-0.2, -0.15) is 0 Å².